The van der Waals surface area contributed by atoms with Crippen molar-refractivity contribution >= 4 is 11.6 Å². The maximum absolute atomic E-state index is 11.6. The summed E-state index contributed by atoms with van der Waals surface area (Å²) in [7, 11) is 0. The van der Waals surface area contributed by atoms with E-state index in [2.05, 4.69) is 6.92 Å². The Balaban J connectivity index is 2.40. The van der Waals surface area contributed by atoms with E-state index in [1.807, 2.05) is 0 Å². The molecule has 1 atom stereocenters. The summed E-state index contributed by atoms with van der Waals surface area (Å²) >= 11 is 0. The van der Waals surface area contributed by atoms with Crippen LogP contribution in [-0.2, 0) is 9.59 Å². The fourth-order valence-corrected chi connectivity index (χ4v) is 1.49. The monoisotopic (exact) mass is 192 g/mol. The van der Waals surface area contributed by atoms with Gasteiger partial charge in [-0.05, 0) is 12.5 Å². The lowest BCUT2D eigenvalue weighted by Gasteiger charge is -2.09. The van der Waals surface area contributed by atoms with E-state index in [4.69, 9.17) is 0 Å². The predicted molar refractivity (Wildman–Crippen MR) is 55.9 cm³/mol. The van der Waals surface area contributed by atoms with Gasteiger partial charge in [0.15, 0.2) is 5.78 Å². The highest BCUT2D eigenvalue weighted by atomic mass is 16.1. The fourth-order valence-electron chi connectivity index (χ4n) is 1.49. The minimum atomic E-state index is -0.503. The summed E-state index contributed by atoms with van der Waals surface area (Å²) in [5, 5.41) is 0. The Morgan fingerprint density at radius 2 is 2.14 bits per heavy atom. The van der Waals surface area contributed by atoms with Crippen molar-refractivity contribution in [2.75, 3.05) is 0 Å². The topological polar surface area (TPSA) is 34.1 Å². The zero-order valence-electron chi connectivity index (χ0n) is 8.53. The smallest absolute Gasteiger partial charge is 0.169 e. The Kier molecular flexibility index (Phi) is 4.30. The molecule has 14 heavy (non-hydrogen) atoms. The first-order chi connectivity index (χ1) is 6.75. The summed E-state index contributed by atoms with van der Waals surface area (Å²) in [4.78, 5) is 22.9. The van der Waals surface area contributed by atoms with E-state index in [0.29, 0.717) is 6.42 Å². The predicted octanol–water partition coefficient (Wildman–Crippen LogP) is 2.45. The van der Waals surface area contributed by atoms with Crippen molar-refractivity contribution in [3.63, 3.8) is 0 Å². The van der Waals surface area contributed by atoms with Gasteiger partial charge in [0.2, 0.25) is 0 Å². The molecule has 2 heteroatoms. The molecule has 0 saturated carbocycles. The Hall–Kier alpha value is -1.18. The molecule has 0 aromatic heterocycles. The van der Waals surface area contributed by atoms with Crippen molar-refractivity contribution in [1.82, 2.24) is 0 Å². The van der Waals surface area contributed by atoms with Crippen LogP contribution in [0.3, 0.4) is 0 Å². The quantitative estimate of drug-likeness (QED) is 0.495. The number of carbonyl (C=O) groups is 2. The van der Waals surface area contributed by atoms with Crippen molar-refractivity contribution in [2.24, 2.45) is 5.92 Å². The normalized spacial score (nSPS) is 20.1. The van der Waals surface area contributed by atoms with E-state index in [1.165, 1.54) is 6.08 Å². The molecule has 2 nitrogen and oxygen atoms in total. The minimum Gasteiger partial charge on any atom is -0.299 e. The molecule has 0 amide bonds. The largest absolute Gasteiger partial charge is 0.299 e. The van der Waals surface area contributed by atoms with Crippen LogP contribution >= 0.6 is 0 Å². The van der Waals surface area contributed by atoms with E-state index in [0.717, 1.165) is 19.3 Å². The maximum Gasteiger partial charge on any atom is 0.169 e. The first kappa shape index (κ1) is 10.9. The third kappa shape index (κ3) is 2.95. The molecule has 0 radical (unpaired) electrons. The zero-order chi connectivity index (χ0) is 10.4. The lowest BCUT2D eigenvalue weighted by atomic mass is 9.92. The molecule has 0 bridgehead atoms. The van der Waals surface area contributed by atoms with Crippen LogP contribution in [0.4, 0.5) is 0 Å². The average molecular weight is 192 g/mol. The van der Waals surface area contributed by atoms with Gasteiger partial charge in [-0.1, -0.05) is 38.0 Å². The lowest BCUT2D eigenvalue weighted by Crippen LogP contribution is -2.21. The molecule has 1 rings (SSSR count). The van der Waals surface area contributed by atoms with Crippen LogP contribution in [-0.4, -0.2) is 11.6 Å². The molecule has 0 fully saturated rings. The van der Waals surface area contributed by atoms with Crippen LogP contribution in [0.15, 0.2) is 24.3 Å². The van der Waals surface area contributed by atoms with Crippen LogP contribution in [0.5, 0.6) is 0 Å². The van der Waals surface area contributed by atoms with Crippen LogP contribution in [0.2, 0.25) is 0 Å². The van der Waals surface area contributed by atoms with Gasteiger partial charge in [0.05, 0.1) is 5.92 Å². The zero-order valence-corrected chi connectivity index (χ0v) is 8.53. The van der Waals surface area contributed by atoms with Gasteiger partial charge in [-0.15, -0.1) is 0 Å². The maximum atomic E-state index is 11.6. The number of rotatable bonds is 5. The van der Waals surface area contributed by atoms with Gasteiger partial charge in [-0.3, -0.25) is 9.59 Å². The summed E-state index contributed by atoms with van der Waals surface area (Å²) in [6.07, 6.45) is 10.2. The summed E-state index contributed by atoms with van der Waals surface area (Å²) < 4.78 is 0. The molecular weight excluding hydrogens is 176 g/mol. The third-order valence-electron chi connectivity index (χ3n) is 2.36. The second-order valence-electron chi connectivity index (χ2n) is 3.55. The van der Waals surface area contributed by atoms with Crippen molar-refractivity contribution in [3.8, 4) is 0 Å². The number of unbranched alkanes of at least 4 members (excludes halogenated alkanes) is 2. The number of hydrogen-bond donors (Lipinski definition) is 0. The van der Waals surface area contributed by atoms with Crippen molar-refractivity contribution in [2.45, 2.75) is 32.6 Å². The third-order valence-corrected chi connectivity index (χ3v) is 2.36. The molecule has 0 aromatic rings. The van der Waals surface area contributed by atoms with Crippen LogP contribution in [0.25, 0.3) is 0 Å². The first-order valence-electron chi connectivity index (χ1n) is 5.17. The van der Waals surface area contributed by atoms with Crippen LogP contribution in [0, 0.1) is 5.92 Å². The van der Waals surface area contributed by atoms with E-state index in [-0.39, 0.29) is 11.6 Å². The number of carbonyl (C=O) groups excluding carboxylic acids is 2. The molecule has 0 N–H and O–H groups in total. The van der Waals surface area contributed by atoms with Gasteiger partial charge in [0, 0.05) is 6.42 Å². The molecule has 0 heterocycles. The summed E-state index contributed by atoms with van der Waals surface area (Å²) in [6, 6.07) is 0. The first-order valence-corrected chi connectivity index (χ1v) is 5.17. The van der Waals surface area contributed by atoms with Gasteiger partial charge in [0.1, 0.15) is 5.78 Å². The van der Waals surface area contributed by atoms with Gasteiger partial charge in [-0.25, -0.2) is 0 Å². The van der Waals surface area contributed by atoms with Gasteiger partial charge >= 0.3 is 0 Å². The molecule has 0 aliphatic heterocycles. The highest BCUT2D eigenvalue weighted by Crippen LogP contribution is 2.13. The van der Waals surface area contributed by atoms with Crippen molar-refractivity contribution in [3.05, 3.63) is 24.3 Å². The number of hydrogen-bond acceptors (Lipinski definition) is 2. The Bertz CT molecular complexity index is 274. The lowest BCUT2D eigenvalue weighted by molar-refractivity contribution is -0.128. The van der Waals surface area contributed by atoms with Crippen LogP contribution in [0.1, 0.15) is 32.6 Å². The van der Waals surface area contributed by atoms with Crippen molar-refractivity contribution in [1.29, 1.82) is 0 Å². The molecule has 0 saturated heterocycles. The summed E-state index contributed by atoms with van der Waals surface area (Å²) in [5.74, 6) is -0.519. The van der Waals surface area contributed by atoms with Crippen molar-refractivity contribution < 1.29 is 9.59 Å². The van der Waals surface area contributed by atoms with Gasteiger partial charge in [-0.2, -0.15) is 0 Å². The minimum absolute atomic E-state index is 0.0593. The summed E-state index contributed by atoms with van der Waals surface area (Å²) in [5.41, 5.74) is 0. The van der Waals surface area contributed by atoms with Gasteiger partial charge in [0.25, 0.3) is 0 Å². The molecule has 0 aromatic carbocycles. The Labute approximate surface area is 84.7 Å². The molecule has 1 aliphatic carbocycles. The number of ketones is 2. The highest BCUT2D eigenvalue weighted by Gasteiger charge is 2.22. The second kappa shape index (κ2) is 5.53. The molecule has 1 unspecified atom stereocenters. The number of allylic oxidation sites excluding steroid dienone is 4. The molecule has 0 spiro atoms. The van der Waals surface area contributed by atoms with E-state index < -0.39 is 5.92 Å². The van der Waals surface area contributed by atoms with E-state index >= 15 is 0 Å². The average Bonchev–Trinajstić information content (AvgIpc) is 2.18. The summed E-state index contributed by atoms with van der Waals surface area (Å²) in [6.45, 7) is 2.10. The fraction of sp³-hybridized carbons (Fsp3) is 0.500. The molecular formula is C12H16O2. The van der Waals surface area contributed by atoms with E-state index in [9.17, 15) is 9.59 Å². The number of Topliss-reactive ketones (excluding diaryl/α,β-unsaturated/α-hetero) is 1. The van der Waals surface area contributed by atoms with Gasteiger partial charge < -0.3 is 0 Å². The Morgan fingerprint density at radius 1 is 1.36 bits per heavy atom. The van der Waals surface area contributed by atoms with Crippen LogP contribution < -0.4 is 0 Å². The SMILES string of the molecule is CCCCCC(=O)C1C=CC=CC1=O. The highest BCUT2D eigenvalue weighted by molar-refractivity contribution is 6.09. The van der Waals surface area contributed by atoms with E-state index in [1.54, 1.807) is 18.2 Å². The Morgan fingerprint density at radius 3 is 2.79 bits per heavy atom. The second-order valence-corrected chi connectivity index (χ2v) is 3.55. The molecule has 76 valence electrons. The standard InChI is InChI=1S/C12H16O2/c1-2-3-4-8-11(13)10-7-5-6-9-12(10)14/h5-7,9-10H,2-4,8H2,1H3. The molecule has 1 aliphatic rings.